The summed E-state index contributed by atoms with van der Waals surface area (Å²) >= 11 is 10.7. The summed E-state index contributed by atoms with van der Waals surface area (Å²) in [6, 6.07) is 31.7. The van der Waals surface area contributed by atoms with Gasteiger partial charge in [0.2, 0.25) is 0 Å². The molecule has 10 nitrogen and oxygen atoms in total. The number of rotatable bonds is 15. The average Bonchev–Trinajstić information content (AvgIpc) is 3.83. The van der Waals surface area contributed by atoms with E-state index in [1.54, 1.807) is 24.2 Å². The maximum Gasteiger partial charge on any atom is 0.187 e. The second-order valence-electron chi connectivity index (χ2n) is 12.6. The van der Waals surface area contributed by atoms with Crippen molar-refractivity contribution in [1.29, 1.82) is 0 Å². The van der Waals surface area contributed by atoms with Crippen LogP contribution in [0.4, 0.5) is 0 Å². The Morgan fingerprint density at radius 3 is 1.37 bits per heavy atom. The predicted molar refractivity (Wildman–Crippen MR) is 213 cm³/mol. The van der Waals surface area contributed by atoms with Crippen molar-refractivity contribution < 1.29 is 18.9 Å². The van der Waals surface area contributed by atoms with Gasteiger partial charge in [-0.1, -0.05) is 24.3 Å². The molecule has 0 amide bonds. The van der Waals surface area contributed by atoms with Crippen LogP contribution in [0.15, 0.2) is 107 Å². The Morgan fingerprint density at radius 2 is 1.00 bits per heavy atom. The van der Waals surface area contributed by atoms with Gasteiger partial charge in [0.1, 0.15) is 23.0 Å². The number of ether oxygens (including phenoxy) is 4. The van der Waals surface area contributed by atoms with Crippen molar-refractivity contribution in [3.05, 3.63) is 119 Å². The highest BCUT2D eigenvalue weighted by Gasteiger charge is 2.32. The molecule has 0 aromatic heterocycles. The molecule has 4 aromatic carbocycles. The third kappa shape index (κ3) is 8.99. The standard InChI is InChI=1S/C40H44N6O4S2/c1-47-31-17-13-27(14-18-31)35-25-37(45(43-35)39(41)51)29-9-7-11-33(23-29)49-21-5-3-4-6-22-50-34-12-8-10-30(24-34)38-26-36(44-46(38)40(42)52)28-15-19-32(48-2)20-16-28/h7-20,23-24,37-38H,3-6,21-22,25-26H2,1-2H3,(H2,41,51)(H2,42,52). The zero-order chi connectivity index (χ0) is 36.5. The molecular weight excluding hydrogens is 693 g/mol. The molecule has 2 unspecified atom stereocenters. The third-order valence-electron chi connectivity index (χ3n) is 9.18. The lowest BCUT2D eigenvalue weighted by Gasteiger charge is -2.22. The summed E-state index contributed by atoms with van der Waals surface area (Å²) in [7, 11) is 3.31. The maximum absolute atomic E-state index is 6.15. The molecule has 2 aliphatic heterocycles. The molecule has 0 aliphatic carbocycles. The van der Waals surface area contributed by atoms with Crippen LogP contribution < -0.4 is 30.4 Å². The quantitative estimate of drug-likeness (QED) is 0.0938. The van der Waals surface area contributed by atoms with Crippen LogP contribution in [-0.2, 0) is 0 Å². The highest BCUT2D eigenvalue weighted by Crippen LogP contribution is 2.36. The number of nitrogens with zero attached hydrogens (tertiary/aromatic N) is 4. The zero-order valence-electron chi connectivity index (χ0n) is 29.4. The summed E-state index contributed by atoms with van der Waals surface area (Å²) < 4.78 is 22.9. The number of benzene rings is 4. The molecular formula is C40H44N6O4S2. The number of unbranched alkanes of at least 4 members (excludes halogenated alkanes) is 3. The van der Waals surface area contributed by atoms with Gasteiger partial charge in [-0.05, 0) is 145 Å². The minimum atomic E-state index is -0.0979. The number of methoxy groups -OCH3 is 2. The number of nitrogens with two attached hydrogens (primary N) is 2. The van der Waals surface area contributed by atoms with Crippen molar-refractivity contribution in [3.8, 4) is 23.0 Å². The first-order valence-corrected chi connectivity index (χ1v) is 18.2. The molecule has 4 aromatic rings. The van der Waals surface area contributed by atoms with Crippen molar-refractivity contribution in [3.63, 3.8) is 0 Å². The van der Waals surface area contributed by atoms with E-state index in [4.69, 9.17) is 65.1 Å². The van der Waals surface area contributed by atoms with Crippen LogP contribution in [0.1, 0.15) is 72.9 Å². The molecule has 0 spiro atoms. The van der Waals surface area contributed by atoms with Gasteiger partial charge in [0.05, 0.1) is 50.9 Å². The number of hydrazone groups is 2. The van der Waals surface area contributed by atoms with Gasteiger partial charge in [-0.2, -0.15) is 10.2 Å². The molecule has 270 valence electrons. The van der Waals surface area contributed by atoms with Gasteiger partial charge in [0, 0.05) is 12.8 Å². The maximum atomic E-state index is 6.15. The van der Waals surface area contributed by atoms with Crippen molar-refractivity contribution in [2.75, 3.05) is 27.4 Å². The first-order chi connectivity index (χ1) is 25.3. The van der Waals surface area contributed by atoms with E-state index in [1.807, 2.05) is 72.8 Å². The molecule has 52 heavy (non-hydrogen) atoms. The summed E-state index contributed by atoms with van der Waals surface area (Å²) in [5.74, 6) is 3.23. The van der Waals surface area contributed by atoms with Gasteiger partial charge < -0.3 is 30.4 Å². The van der Waals surface area contributed by atoms with Crippen LogP contribution >= 0.6 is 24.4 Å². The van der Waals surface area contributed by atoms with Gasteiger partial charge in [0.15, 0.2) is 10.2 Å². The highest BCUT2D eigenvalue weighted by atomic mass is 32.1. The molecule has 12 heteroatoms. The second-order valence-corrected chi connectivity index (χ2v) is 13.4. The zero-order valence-corrected chi connectivity index (χ0v) is 31.1. The molecule has 6 rings (SSSR count). The van der Waals surface area contributed by atoms with Gasteiger partial charge in [-0.3, -0.25) is 0 Å². The first-order valence-electron chi connectivity index (χ1n) is 17.4. The molecule has 0 radical (unpaired) electrons. The fourth-order valence-corrected chi connectivity index (χ4v) is 6.76. The Morgan fingerprint density at radius 1 is 0.596 bits per heavy atom. The van der Waals surface area contributed by atoms with Crippen LogP contribution in [0.25, 0.3) is 0 Å². The summed E-state index contributed by atoms with van der Waals surface area (Å²) in [5, 5.41) is 13.4. The lowest BCUT2D eigenvalue weighted by atomic mass is 9.98. The molecule has 0 bridgehead atoms. The predicted octanol–water partition coefficient (Wildman–Crippen LogP) is 7.51. The van der Waals surface area contributed by atoms with Crippen molar-refractivity contribution in [2.24, 2.45) is 21.7 Å². The fourth-order valence-electron chi connectivity index (χ4n) is 6.42. The topological polar surface area (TPSA) is 120 Å². The van der Waals surface area contributed by atoms with E-state index in [0.29, 0.717) is 26.1 Å². The van der Waals surface area contributed by atoms with Crippen LogP contribution in [-0.4, -0.2) is 59.1 Å². The Labute approximate surface area is 316 Å². The molecule has 2 heterocycles. The van der Waals surface area contributed by atoms with Crippen LogP contribution in [0.5, 0.6) is 23.0 Å². The Balaban J connectivity index is 0.933. The molecule has 0 saturated heterocycles. The number of hydrogen-bond donors (Lipinski definition) is 2. The van der Waals surface area contributed by atoms with Gasteiger partial charge in [-0.25, -0.2) is 10.0 Å². The van der Waals surface area contributed by atoms with Crippen LogP contribution in [0, 0.1) is 0 Å². The van der Waals surface area contributed by atoms with Gasteiger partial charge in [0.25, 0.3) is 0 Å². The number of thiocarbonyl (C=S) groups is 2. The second kappa shape index (κ2) is 17.3. The average molecular weight is 737 g/mol. The van der Waals surface area contributed by atoms with E-state index in [0.717, 1.165) is 82.4 Å². The van der Waals surface area contributed by atoms with Crippen molar-refractivity contribution >= 4 is 46.1 Å². The molecule has 0 saturated carbocycles. The minimum Gasteiger partial charge on any atom is -0.497 e. The van der Waals surface area contributed by atoms with Crippen molar-refractivity contribution in [1.82, 2.24) is 10.0 Å². The van der Waals surface area contributed by atoms with E-state index in [-0.39, 0.29) is 22.3 Å². The largest absolute Gasteiger partial charge is 0.497 e. The lowest BCUT2D eigenvalue weighted by molar-refractivity contribution is 0.286. The SMILES string of the molecule is COc1ccc(C2=NN(C(N)=S)C(c3cccc(OCCCCCCOc4cccc(C5CC(c6ccc(OC)cc6)=NN5C(N)=S)c4)c3)C2)cc1. The van der Waals surface area contributed by atoms with Gasteiger partial charge >= 0.3 is 0 Å². The summed E-state index contributed by atoms with van der Waals surface area (Å²) in [5.41, 5.74) is 18.1. The highest BCUT2D eigenvalue weighted by molar-refractivity contribution is 7.80. The lowest BCUT2D eigenvalue weighted by Crippen LogP contribution is -2.31. The summed E-state index contributed by atoms with van der Waals surface area (Å²) in [6.07, 6.45) is 5.33. The van der Waals surface area contributed by atoms with E-state index < -0.39 is 0 Å². The molecule has 4 N–H and O–H groups in total. The first kappa shape index (κ1) is 36.6. The fraction of sp³-hybridized carbons (Fsp3) is 0.300. The van der Waals surface area contributed by atoms with Crippen LogP contribution in [0.2, 0.25) is 0 Å². The monoisotopic (exact) mass is 736 g/mol. The summed E-state index contributed by atoms with van der Waals surface area (Å²) in [6.45, 7) is 1.26. The van der Waals surface area contributed by atoms with E-state index >= 15 is 0 Å². The Bertz CT molecular complexity index is 1780. The molecule has 2 aliphatic rings. The van der Waals surface area contributed by atoms with E-state index in [9.17, 15) is 0 Å². The third-order valence-corrected chi connectivity index (χ3v) is 9.55. The van der Waals surface area contributed by atoms with E-state index in [1.165, 1.54) is 0 Å². The normalized spacial score (nSPS) is 16.7. The van der Waals surface area contributed by atoms with E-state index in [2.05, 4.69) is 24.3 Å². The number of hydrogen-bond acceptors (Lipinski definition) is 8. The van der Waals surface area contributed by atoms with Crippen LogP contribution in [0.3, 0.4) is 0 Å². The van der Waals surface area contributed by atoms with Crippen molar-refractivity contribution in [2.45, 2.75) is 50.6 Å². The smallest absolute Gasteiger partial charge is 0.187 e. The summed E-state index contributed by atoms with van der Waals surface area (Å²) in [4.78, 5) is 0. The minimum absolute atomic E-state index is 0.0979. The Hall–Kier alpha value is -5.20. The molecule has 0 fully saturated rings. The Kier molecular flexibility index (Phi) is 12.2. The van der Waals surface area contributed by atoms with Gasteiger partial charge in [-0.15, -0.1) is 0 Å². The molecule has 2 atom stereocenters.